The molecule has 0 spiro atoms. The molecule has 188 valence electrons. The number of H-pyrrole nitrogens is 1. The molecule has 0 bridgehead atoms. The highest BCUT2D eigenvalue weighted by molar-refractivity contribution is 5.69. The van der Waals surface area contributed by atoms with Gasteiger partial charge in [0.2, 0.25) is 0 Å². The Morgan fingerprint density at radius 3 is 1.67 bits per heavy atom. The van der Waals surface area contributed by atoms with Gasteiger partial charge in [0.15, 0.2) is 0 Å². The van der Waals surface area contributed by atoms with E-state index in [9.17, 15) is 24.0 Å². The Hall–Kier alpha value is -2.69. The number of aliphatic hydroxyl groups excluding tert-OH is 1. The van der Waals surface area contributed by atoms with E-state index in [1.807, 2.05) is 4.98 Å². The summed E-state index contributed by atoms with van der Waals surface area (Å²) in [5, 5.41) is 8.71. The topological polar surface area (TPSA) is 150 Å². The molecule has 0 atom stereocenters. The van der Waals surface area contributed by atoms with E-state index in [-0.39, 0.29) is 45.8 Å². The second-order valence-electron chi connectivity index (χ2n) is 7.81. The van der Waals surface area contributed by atoms with E-state index >= 15 is 0 Å². The van der Waals surface area contributed by atoms with Crippen molar-refractivity contribution in [3.63, 3.8) is 0 Å². The Bertz CT molecular complexity index is 820. The molecule has 0 saturated heterocycles. The number of nitrogens with zero attached hydrogens (tertiary/aromatic N) is 2. The minimum absolute atomic E-state index is 0.131. The molecular formula is C22H37N3O8. The predicted molar refractivity (Wildman–Crippen MR) is 121 cm³/mol. The van der Waals surface area contributed by atoms with E-state index in [4.69, 9.17) is 14.6 Å². The lowest BCUT2D eigenvalue weighted by atomic mass is 10.2. The van der Waals surface area contributed by atoms with Gasteiger partial charge in [-0.1, -0.05) is 39.0 Å². The molecule has 0 radical (unpaired) electrons. The summed E-state index contributed by atoms with van der Waals surface area (Å²) >= 11 is 0. The molecule has 0 aliphatic heterocycles. The fourth-order valence-electron chi connectivity index (χ4n) is 3.14. The maximum absolute atomic E-state index is 12.5. The van der Waals surface area contributed by atoms with E-state index in [1.165, 1.54) is 0 Å². The van der Waals surface area contributed by atoms with Crippen LogP contribution < -0.4 is 17.1 Å². The van der Waals surface area contributed by atoms with Crippen LogP contribution in [0.1, 0.15) is 77.6 Å². The Kier molecular flexibility index (Phi) is 14.5. The van der Waals surface area contributed by atoms with Crippen molar-refractivity contribution in [2.24, 2.45) is 0 Å². The van der Waals surface area contributed by atoms with Gasteiger partial charge in [-0.25, -0.2) is 23.5 Å². The Balaban J connectivity index is 2.52. The van der Waals surface area contributed by atoms with Gasteiger partial charge >= 0.3 is 29.0 Å². The van der Waals surface area contributed by atoms with Crippen LogP contribution in [0, 0.1) is 0 Å². The summed E-state index contributed by atoms with van der Waals surface area (Å²) in [4.78, 5) is 62.3. The molecule has 0 aliphatic rings. The van der Waals surface area contributed by atoms with E-state index in [2.05, 4.69) is 6.92 Å². The number of ether oxygens (including phenoxy) is 2. The van der Waals surface area contributed by atoms with Gasteiger partial charge in [0.1, 0.15) is 0 Å². The molecule has 0 aromatic carbocycles. The van der Waals surface area contributed by atoms with E-state index < -0.39 is 29.0 Å². The highest BCUT2D eigenvalue weighted by Crippen LogP contribution is 2.03. The van der Waals surface area contributed by atoms with Crippen LogP contribution in [-0.2, 0) is 32.2 Å². The second-order valence-corrected chi connectivity index (χ2v) is 7.81. The first-order chi connectivity index (χ1) is 15.9. The average Bonchev–Trinajstić information content (AvgIpc) is 2.78. The molecule has 1 aromatic heterocycles. The number of aromatic nitrogens is 3. The first-order valence-electron chi connectivity index (χ1n) is 11.8. The summed E-state index contributed by atoms with van der Waals surface area (Å²) in [6, 6.07) is 0. The van der Waals surface area contributed by atoms with Crippen LogP contribution in [-0.4, -0.2) is 51.0 Å². The van der Waals surface area contributed by atoms with Gasteiger partial charge in [-0.2, -0.15) is 0 Å². The number of carbonyl (C=O) groups excluding carboxylic acids is 2. The van der Waals surface area contributed by atoms with Crippen LogP contribution in [0.3, 0.4) is 0 Å². The van der Waals surface area contributed by atoms with Crippen molar-refractivity contribution in [2.75, 3.05) is 19.8 Å². The minimum atomic E-state index is -0.923. The standard InChI is InChI=1S/C22H37N3O8/c1-2-3-4-6-9-16-32-18(27)11-13-24-20(29)23-21(30)25(22(24)31)14-12-19(28)33-17-10-7-5-8-15-26/h26H,2-17H2,1H3,(H,23,29,30). The van der Waals surface area contributed by atoms with Crippen molar-refractivity contribution in [1.29, 1.82) is 0 Å². The molecule has 1 aromatic rings. The van der Waals surface area contributed by atoms with Crippen molar-refractivity contribution in [3.8, 4) is 0 Å². The minimum Gasteiger partial charge on any atom is -0.466 e. The third kappa shape index (κ3) is 11.7. The Labute approximate surface area is 192 Å². The van der Waals surface area contributed by atoms with Gasteiger partial charge in [0, 0.05) is 19.7 Å². The molecule has 33 heavy (non-hydrogen) atoms. The molecule has 1 rings (SSSR count). The summed E-state index contributed by atoms with van der Waals surface area (Å²) in [6.45, 7) is 2.27. The summed E-state index contributed by atoms with van der Waals surface area (Å²) in [5.41, 5.74) is -2.74. The maximum atomic E-state index is 12.5. The van der Waals surface area contributed by atoms with Crippen molar-refractivity contribution < 1.29 is 24.2 Å². The zero-order valence-corrected chi connectivity index (χ0v) is 19.5. The third-order valence-corrected chi connectivity index (χ3v) is 5.07. The summed E-state index contributed by atoms with van der Waals surface area (Å²) in [7, 11) is 0. The number of hydrogen-bond acceptors (Lipinski definition) is 8. The van der Waals surface area contributed by atoms with Crippen molar-refractivity contribution in [1.82, 2.24) is 14.1 Å². The molecule has 0 aliphatic carbocycles. The maximum Gasteiger partial charge on any atom is 0.336 e. The zero-order valence-electron chi connectivity index (χ0n) is 19.5. The van der Waals surface area contributed by atoms with E-state index in [0.717, 1.165) is 54.1 Å². The zero-order chi connectivity index (χ0) is 24.5. The normalized spacial score (nSPS) is 10.8. The molecule has 1 heterocycles. The number of unbranched alkanes of at least 4 members (excludes halogenated alkanes) is 7. The van der Waals surface area contributed by atoms with Gasteiger partial charge in [0.25, 0.3) is 0 Å². The van der Waals surface area contributed by atoms with Gasteiger partial charge < -0.3 is 14.6 Å². The molecule has 2 N–H and O–H groups in total. The van der Waals surface area contributed by atoms with Crippen LogP contribution in [0.2, 0.25) is 0 Å². The van der Waals surface area contributed by atoms with Gasteiger partial charge in [-0.3, -0.25) is 14.6 Å². The van der Waals surface area contributed by atoms with E-state index in [0.29, 0.717) is 12.8 Å². The van der Waals surface area contributed by atoms with Crippen LogP contribution in [0.4, 0.5) is 0 Å². The van der Waals surface area contributed by atoms with Crippen LogP contribution in [0.5, 0.6) is 0 Å². The fourth-order valence-corrected chi connectivity index (χ4v) is 3.14. The number of esters is 2. The highest BCUT2D eigenvalue weighted by atomic mass is 16.5. The first-order valence-corrected chi connectivity index (χ1v) is 11.8. The lowest BCUT2D eigenvalue weighted by Gasteiger charge is -2.09. The van der Waals surface area contributed by atoms with Crippen molar-refractivity contribution in [3.05, 3.63) is 31.5 Å². The van der Waals surface area contributed by atoms with E-state index in [1.54, 1.807) is 0 Å². The smallest absolute Gasteiger partial charge is 0.336 e. The highest BCUT2D eigenvalue weighted by Gasteiger charge is 2.13. The van der Waals surface area contributed by atoms with Gasteiger partial charge in [-0.05, 0) is 25.7 Å². The Morgan fingerprint density at radius 1 is 0.758 bits per heavy atom. The number of rotatable bonds is 18. The predicted octanol–water partition coefficient (Wildman–Crippen LogP) is 1.09. The molecule has 0 amide bonds. The summed E-state index contributed by atoms with van der Waals surface area (Å²) < 4.78 is 11.7. The van der Waals surface area contributed by atoms with Gasteiger partial charge in [-0.15, -0.1) is 0 Å². The fraction of sp³-hybridized carbons (Fsp3) is 0.773. The summed E-state index contributed by atoms with van der Waals surface area (Å²) in [6.07, 6.45) is 7.69. The van der Waals surface area contributed by atoms with Crippen molar-refractivity contribution >= 4 is 11.9 Å². The quantitative estimate of drug-likeness (QED) is 0.239. The number of hydrogen-bond donors (Lipinski definition) is 2. The number of aromatic amines is 1. The second kappa shape index (κ2) is 16.9. The summed E-state index contributed by atoms with van der Waals surface area (Å²) in [5.74, 6) is -1.10. The van der Waals surface area contributed by atoms with Crippen LogP contribution in [0.25, 0.3) is 0 Å². The molecule has 0 fully saturated rings. The lowest BCUT2D eigenvalue weighted by molar-refractivity contribution is -0.144. The average molecular weight is 472 g/mol. The number of aliphatic hydroxyl groups is 1. The Morgan fingerprint density at radius 2 is 1.21 bits per heavy atom. The molecule has 11 heteroatoms. The SMILES string of the molecule is CCCCCCCOC(=O)CCn1c(=O)[nH]c(=O)n(CCC(=O)OCCCCCCO)c1=O. The molecular weight excluding hydrogens is 434 g/mol. The molecule has 0 saturated carbocycles. The van der Waals surface area contributed by atoms with Crippen molar-refractivity contribution in [2.45, 2.75) is 90.6 Å². The number of carbonyl (C=O) groups is 2. The molecule has 11 nitrogen and oxygen atoms in total. The number of nitrogens with one attached hydrogen (secondary N) is 1. The van der Waals surface area contributed by atoms with Crippen LogP contribution >= 0.6 is 0 Å². The first kappa shape index (κ1) is 28.3. The monoisotopic (exact) mass is 471 g/mol. The van der Waals surface area contributed by atoms with Crippen LogP contribution in [0.15, 0.2) is 14.4 Å². The largest absolute Gasteiger partial charge is 0.466 e. The van der Waals surface area contributed by atoms with Gasteiger partial charge in [0.05, 0.1) is 26.1 Å². The lowest BCUT2D eigenvalue weighted by Crippen LogP contribution is -2.49. The molecule has 0 unspecified atom stereocenters. The third-order valence-electron chi connectivity index (χ3n) is 5.07.